The van der Waals surface area contributed by atoms with Crippen LogP contribution in [0.2, 0.25) is 0 Å². The monoisotopic (exact) mass is 420 g/mol. The molecule has 1 aliphatic carbocycles. The van der Waals surface area contributed by atoms with Crippen molar-refractivity contribution in [3.8, 4) is 0 Å². The number of halogens is 6. The summed E-state index contributed by atoms with van der Waals surface area (Å²) >= 11 is 0. The molecule has 1 aromatic heterocycles. The van der Waals surface area contributed by atoms with Crippen LogP contribution in [-0.2, 0) is 18.1 Å². The molecular formula is C18H18F6N4O. The van der Waals surface area contributed by atoms with Crippen LogP contribution in [0, 0.1) is 0 Å². The number of hydrogen-bond acceptors (Lipinski definition) is 2. The maximum Gasteiger partial charge on any atom is 0.416 e. The van der Waals surface area contributed by atoms with Crippen molar-refractivity contribution in [2.24, 2.45) is 0 Å². The minimum absolute atomic E-state index is 0.0616. The molecule has 1 aliphatic rings. The van der Waals surface area contributed by atoms with Gasteiger partial charge in [0.2, 0.25) is 0 Å². The molecule has 2 amide bonds. The van der Waals surface area contributed by atoms with Crippen LogP contribution in [0.1, 0.15) is 30.4 Å². The van der Waals surface area contributed by atoms with E-state index in [1.54, 1.807) is 6.07 Å². The summed E-state index contributed by atoms with van der Waals surface area (Å²) in [5.41, 5.74) is -0.858. The number of urea groups is 1. The first kappa shape index (κ1) is 21.0. The number of hydrogen-bond donors (Lipinski definition) is 2. The number of carbonyl (C=O) groups is 1. The van der Waals surface area contributed by atoms with Gasteiger partial charge in [-0.2, -0.15) is 31.4 Å². The fourth-order valence-electron chi connectivity index (χ4n) is 3.31. The predicted octanol–water partition coefficient (Wildman–Crippen LogP) is 4.71. The van der Waals surface area contributed by atoms with Gasteiger partial charge in [0.15, 0.2) is 5.82 Å². The molecule has 158 valence electrons. The summed E-state index contributed by atoms with van der Waals surface area (Å²) in [7, 11) is 0. The zero-order chi connectivity index (χ0) is 21.3. The third-order valence-corrected chi connectivity index (χ3v) is 4.92. The normalized spacial score (nSPS) is 16.2. The highest BCUT2D eigenvalue weighted by Gasteiger charge is 2.40. The Kier molecular flexibility index (Phi) is 5.50. The Labute approximate surface area is 162 Å². The molecule has 0 atom stereocenters. The van der Waals surface area contributed by atoms with Gasteiger partial charge in [-0.3, -0.25) is 10.00 Å². The molecule has 5 nitrogen and oxygen atoms in total. The Hall–Kier alpha value is -2.72. The standard InChI is InChI=1S/C18H18F6N4O/c19-17(20,21)11-28-8-5-14(27-28)26-15(29)25-10-16(6-2-7-16)12-3-1-4-13(9-12)18(22,23)24/h1,3-5,8-9H,2,6-7,10-11H2,(H2,25,26,27,29). The Morgan fingerprint density at radius 1 is 1.14 bits per heavy atom. The first-order chi connectivity index (χ1) is 13.5. The van der Waals surface area contributed by atoms with Crippen LogP contribution < -0.4 is 10.6 Å². The number of amides is 2. The van der Waals surface area contributed by atoms with Crippen LogP contribution in [0.25, 0.3) is 0 Å². The van der Waals surface area contributed by atoms with Crippen molar-refractivity contribution in [1.82, 2.24) is 15.1 Å². The maximum absolute atomic E-state index is 13.0. The van der Waals surface area contributed by atoms with Crippen LogP contribution in [0.3, 0.4) is 0 Å². The molecule has 0 radical (unpaired) electrons. The zero-order valence-corrected chi connectivity index (χ0v) is 15.1. The van der Waals surface area contributed by atoms with Crippen LogP contribution in [0.15, 0.2) is 36.5 Å². The van der Waals surface area contributed by atoms with Gasteiger partial charge in [-0.25, -0.2) is 4.79 Å². The molecule has 1 aromatic carbocycles. The van der Waals surface area contributed by atoms with Crippen molar-refractivity contribution in [3.05, 3.63) is 47.7 Å². The van der Waals surface area contributed by atoms with Gasteiger partial charge < -0.3 is 5.32 Å². The minimum Gasteiger partial charge on any atom is -0.337 e. The average Bonchev–Trinajstić information content (AvgIpc) is 2.98. The second-order valence-electron chi connectivity index (χ2n) is 7.03. The molecule has 0 spiro atoms. The fourth-order valence-corrected chi connectivity index (χ4v) is 3.31. The number of benzene rings is 1. The highest BCUT2D eigenvalue weighted by atomic mass is 19.4. The molecular weight excluding hydrogens is 402 g/mol. The molecule has 1 saturated carbocycles. The summed E-state index contributed by atoms with van der Waals surface area (Å²) in [5.74, 6) is -0.0616. The van der Waals surface area contributed by atoms with Gasteiger partial charge in [0.25, 0.3) is 0 Å². The molecule has 2 aromatic rings. The molecule has 29 heavy (non-hydrogen) atoms. The summed E-state index contributed by atoms with van der Waals surface area (Å²) < 4.78 is 76.6. The SMILES string of the molecule is O=C(NCC1(c2cccc(C(F)(F)F)c2)CCC1)Nc1ccn(CC(F)(F)F)n1. The first-order valence-electron chi connectivity index (χ1n) is 8.80. The molecule has 2 N–H and O–H groups in total. The summed E-state index contributed by atoms with van der Waals surface area (Å²) in [5, 5.41) is 8.52. The highest BCUT2D eigenvalue weighted by Crippen LogP contribution is 2.44. The Balaban J connectivity index is 1.62. The van der Waals surface area contributed by atoms with E-state index in [9.17, 15) is 31.1 Å². The van der Waals surface area contributed by atoms with E-state index in [0.29, 0.717) is 23.1 Å². The average molecular weight is 420 g/mol. The second-order valence-corrected chi connectivity index (χ2v) is 7.03. The first-order valence-corrected chi connectivity index (χ1v) is 8.80. The Morgan fingerprint density at radius 2 is 1.86 bits per heavy atom. The number of aromatic nitrogens is 2. The van der Waals surface area contributed by atoms with Gasteiger partial charge >= 0.3 is 18.4 Å². The Bertz CT molecular complexity index is 870. The van der Waals surface area contributed by atoms with Gasteiger partial charge in [0.05, 0.1) is 5.56 Å². The predicted molar refractivity (Wildman–Crippen MR) is 92.3 cm³/mol. The lowest BCUT2D eigenvalue weighted by molar-refractivity contribution is -0.142. The number of rotatable bonds is 5. The lowest BCUT2D eigenvalue weighted by Gasteiger charge is -2.42. The van der Waals surface area contributed by atoms with Gasteiger partial charge in [-0.15, -0.1) is 0 Å². The van der Waals surface area contributed by atoms with Crippen molar-refractivity contribution in [1.29, 1.82) is 0 Å². The van der Waals surface area contributed by atoms with Crippen molar-refractivity contribution in [3.63, 3.8) is 0 Å². The molecule has 11 heteroatoms. The molecule has 1 heterocycles. The number of nitrogens with zero attached hydrogens (tertiary/aromatic N) is 2. The topological polar surface area (TPSA) is 59.0 Å². The van der Waals surface area contributed by atoms with E-state index < -0.39 is 35.9 Å². The van der Waals surface area contributed by atoms with E-state index in [0.717, 1.165) is 24.8 Å². The maximum atomic E-state index is 13.0. The highest BCUT2D eigenvalue weighted by molar-refractivity contribution is 5.88. The molecule has 0 aliphatic heterocycles. The number of carbonyl (C=O) groups excluding carboxylic acids is 1. The summed E-state index contributed by atoms with van der Waals surface area (Å²) in [6.45, 7) is -1.18. The zero-order valence-electron chi connectivity index (χ0n) is 15.1. The van der Waals surface area contributed by atoms with E-state index in [-0.39, 0.29) is 12.4 Å². The van der Waals surface area contributed by atoms with Crippen LogP contribution in [-0.4, -0.2) is 28.5 Å². The van der Waals surface area contributed by atoms with Gasteiger partial charge in [-0.1, -0.05) is 24.6 Å². The van der Waals surface area contributed by atoms with Crippen molar-refractivity contribution in [2.45, 2.75) is 43.6 Å². The lowest BCUT2D eigenvalue weighted by Crippen LogP contribution is -2.46. The van der Waals surface area contributed by atoms with Crippen LogP contribution in [0.4, 0.5) is 37.0 Å². The summed E-state index contributed by atoms with van der Waals surface area (Å²) in [6.07, 6.45) is -5.75. The van der Waals surface area contributed by atoms with E-state index >= 15 is 0 Å². The molecule has 3 rings (SSSR count). The molecule has 0 unspecified atom stereocenters. The third kappa shape index (κ3) is 5.21. The van der Waals surface area contributed by atoms with Crippen LogP contribution >= 0.6 is 0 Å². The largest absolute Gasteiger partial charge is 0.416 e. The summed E-state index contributed by atoms with van der Waals surface area (Å²) in [4.78, 5) is 12.1. The van der Waals surface area contributed by atoms with E-state index in [1.165, 1.54) is 12.1 Å². The molecule has 0 bridgehead atoms. The third-order valence-electron chi connectivity index (χ3n) is 4.92. The second kappa shape index (κ2) is 7.60. The molecule has 1 fully saturated rings. The van der Waals surface area contributed by atoms with Crippen molar-refractivity contribution < 1.29 is 31.1 Å². The fraction of sp³-hybridized carbons (Fsp3) is 0.444. The van der Waals surface area contributed by atoms with E-state index in [2.05, 4.69) is 15.7 Å². The summed E-state index contributed by atoms with van der Waals surface area (Å²) in [6, 6.07) is 5.56. The minimum atomic E-state index is -4.46. The smallest absolute Gasteiger partial charge is 0.337 e. The quantitative estimate of drug-likeness (QED) is 0.689. The lowest BCUT2D eigenvalue weighted by atomic mass is 9.64. The Morgan fingerprint density at radius 3 is 2.45 bits per heavy atom. The van der Waals surface area contributed by atoms with Crippen LogP contribution in [0.5, 0.6) is 0 Å². The van der Waals surface area contributed by atoms with Crippen molar-refractivity contribution in [2.75, 3.05) is 11.9 Å². The number of alkyl halides is 6. The number of nitrogens with one attached hydrogen (secondary N) is 2. The van der Waals surface area contributed by atoms with Gasteiger partial charge in [-0.05, 0) is 24.5 Å². The van der Waals surface area contributed by atoms with Gasteiger partial charge in [0.1, 0.15) is 6.54 Å². The van der Waals surface area contributed by atoms with Gasteiger partial charge in [0, 0.05) is 24.2 Å². The van der Waals surface area contributed by atoms with E-state index in [4.69, 9.17) is 0 Å². The van der Waals surface area contributed by atoms with E-state index in [1.807, 2.05) is 0 Å². The number of anilines is 1. The molecule has 0 saturated heterocycles. The van der Waals surface area contributed by atoms with Crippen molar-refractivity contribution >= 4 is 11.8 Å².